The summed E-state index contributed by atoms with van der Waals surface area (Å²) in [5, 5.41) is 17.3. The molecule has 0 saturated heterocycles. The second kappa shape index (κ2) is 6.29. The quantitative estimate of drug-likeness (QED) is 0.708. The molecule has 1 N–H and O–H groups in total. The van der Waals surface area contributed by atoms with Gasteiger partial charge in [0, 0.05) is 19.6 Å². The van der Waals surface area contributed by atoms with Gasteiger partial charge in [0.1, 0.15) is 11.6 Å². The van der Waals surface area contributed by atoms with Crippen molar-refractivity contribution in [2.24, 2.45) is 7.05 Å². The molecule has 0 spiro atoms. The van der Waals surface area contributed by atoms with E-state index in [9.17, 15) is 0 Å². The minimum atomic E-state index is 0.303. The highest BCUT2D eigenvalue weighted by Crippen LogP contribution is 2.38. The van der Waals surface area contributed by atoms with Crippen molar-refractivity contribution in [2.75, 3.05) is 20.2 Å². The first-order chi connectivity index (χ1) is 8.72. The van der Waals surface area contributed by atoms with E-state index in [0.717, 1.165) is 44.0 Å². The summed E-state index contributed by atoms with van der Waals surface area (Å²) >= 11 is 0. The van der Waals surface area contributed by atoms with Crippen LogP contribution in [0.5, 0.6) is 0 Å². The van der Waals surface area contributed by atoms with E-state index >= 15 is 0 Å². The molecule has 1 aromatic rings. The first kappa shape index (κ1) is 13.5. The molecule has 0 amide bonds. The molecule has 1 fully saturated rings. The van der Waals surface area contributed by atoms with Crippen molar-refractivity contribution in [1.82, 2.24) is 19.7 Å². The molecule has 0 atom stereocenters. The fourth-order valence-corrected chi connectivity index (χ4v) is 2.20. The Balaban J connectivity index is 1.77. The molecule has 1 heterocycles. The topological polar surface area (TPSA) is 54.2 Å². The molecule has 2 rings (SSSR count). The molecule has 5 heteroatoms. The average molecular weight is 252 g/mol. The van der Waals surface area contributed by atoms with Crippen molar-refractivity contribution < 1.29 is 5.11 Å². The fraction of sp³-hybridized carbons (Fsp3) is 0.846. The summed E-state index contributed by atoms with van der Waals surface area (Å²) < 4.78 is 2.15. The van der Waals surface area contributed by atoms with Crippen molar-refractivity contribution in [3.05, 3.63) is 11.6 Å². The molecule has 0 aliphatic heterocycles. The van der Waals surface area contributed by atoms with Gasteiger partial charge in [-0.05, 0) is 45.7 Å². The number of aliphatic hydroxyl groups excluding tert-OH is 1. The highest BCUT2D eigenvalue weighted by molar-refractivity contribution is 5.07. The number of hydrogen-bond donors (Lipinski definition) is 1. The van der Waals surface area contributed by atoms with Gasteiger partial charge in [-0.3, -0.25) is 4.90 Å². The van der Waals surface area contributed by atoms with Crippen LogP contribution in [0.2, 0.25) is 0 Å². The minimum absolute atomic E-state index is 0.303. The lowest BCUT2D eigenvalue weighted by molar-refractivity contribution is 0.268. The van der Waals surface area contributed by atoms with E-state index in [2.05, 4.69) is 33.8 Å². The maximum atomic E-state index is 8.73. The van der Waals surface area contributed by atoms with Gasteiger partial charge in [0.05, 0.1) is 6.54 Å². The van der Waals surface area contributed by atoms with E-state index in [1.54, 1.807) is 0 Å². The van der Waals surface area contributed by atoms with Gasteiger partial charge in [0.25, 0.3) is 0 Å². The van der Waals surface area contributed by atoms with Crippen LogP contribution in [0.4, 0.5) is 0 Å². The standard InChI is InChI=1S/C13H24N4O/c1-16(8-4-3-5-9-18)10-12-14-15-13(17(12)2)11-6-7-11/h11,18H,3-10H2,1-2H3. The van der Waals surface area contributed by atoms with Crippen molar-refractivity contribution in [2.45, 2.75) is 44.6 Å². The molecule has 102 valence electrons. The summed E-state index contributed by atoms with van der Waals surface area (Å²) in [7, 11) is 4.19. The number of rotatable bonds is 8. The van der Waals surface area contributed by atoms with Gasteiger partial charge in [0.2, 0.25) is 0 Å². The van der Waals surface area contributed by atoms with Crippen molar-refractivity contribution >= 4 is 0 Å². The smallest absolute Gasteiger partial charge is 0.146 e. The number of aromatic nitrogens is 3. The van der Waals surface area contributed by atoms with Crippen LogP contribution in [0.15, 0.2) is 0 Å². The average Bonchev–Trinajstić information content (AvgIpc) is 3.13. The third kappa shape index (κ3) is 3.53. The maximum Gasteiger partial charge on any atom is 0.146 e. The number of aliphatic hydroxyl groups is 1. The zero-order valence-corrected chi connectivity index (χ0v) is 11.5. The predicted molar refractivity (Wildman–Crippen MR) is 70.2 cm³/mol. The van der Waals surface area contributed by atoms with Crippen LogP contribution in [0.1, 0.15) is 49.7 Å². The van der Waals surface area contributed by atoms with E-state index in [-0.39, 0.29) is 0 Å². The summed E-state index contributed by atoms with van der Waals surface area (Å²) in [5.74, 6) is 2.87. The van der Waals surface area contributed by atoms with Gasteiger partial charge in [-0.2, -0.15) is 0 Å². The van der Waals surface area contributed by atoms with Crippen molar-refractivity contribution in [1.29, 1.82) is 0 Å². The van der Waals surface area contributed by atoms with Crippen LogP contribution >= 0.6 is 0 Å². The van der Waals surface area contributed by atoms with Gasteiger partial charge < -0.3 is 9.67 Å². The summed E-state index contributed by atoms with van der Waals surface area (Å²) in [6.07, 6.45) is 5.66. The minimum Gasteiger partial charge on any atom is -0.396 e. The molecule has 1 aliphatic rings. The number of hydrogen-bond acceptors (Lipinski definition) is 4. The fourth-order valence-electron chi connectivity index (χ4n) is 2.20. The second-order valence-corrected chi connectivity index (χ2v) is 5.33. The van der Waals surface area contributed by atoms with Crippen LogP contribution < -0.4 is 0 Å². The zero-order chi connectivity index (χ0) is 13.0. The van der Waals surface area contributed by atoms with Gasteiger partial charge in [-0.15, -0.1) is 10.2 Å². The molecular formula is C13H24N4O. The van der Waals surface area contributed by atoms with Crippen molar-refractivity contribution in [3.63, 3.8) is 0 Å². The van der Waals surface area contributed by atoms with Gasteiger partial charge in [-0.1, -0.05) is 0 Å². The molecule has 0 bridgehead atoms. The largest absolute Gasteiger partial charge is 0.396 e. The highest BCUT2D eigenvalue weighted by Gasteiger charge is 2.29. The van der Waals surface area contributed by atoms with Gasteiger partial charge in [0.15, 0.2) is 0 Å². The molecule has 0 unspecified atom stereocenters. The molecule has 18 heavy (non-hydrogen) atoms. The molecule has 5 nitrogen and oxygen atoms in total. The van der Waals surface area contributed by atoms with E-state index < -0.39 is 0 Å². The van der Waals surface area contributed by atoms with Crippen LogP contribution in [-0.2, 0) is 13.6 Å². The Hall–Kier alpha value is -0.940. The van der Waals surface area contributed by atoms with Crippen LogP contribution in [0.25, 0.3) is 0 Å². The number of nitrogens with zero attached hydrogens (tertiary/aromatic N) is 4. The van der Waals surface area contributed by atoms with Crippen LogP contribution in [0.3, 0.4) is 0 Å². The molecule has 1 aliphatic carbocycles. The summed E-state index contributed by atoms with van der Waals surface area (Å²) in [4.78, 5) is 2.28. The summed E-state index contributed by atoms with van der Waals surface area (Å²) in [6, 6.07) is 0. The Morgan fingerprint density at radius 1 is 1.28 bits per heavy atom. The van der Waals surface area contributed by atoms with E-state index in [1.165, 1.54) is 12.8 Å². The molecule has 1 saturated carbocycles. The molecule has 0 aromatic carbocycles. The molecular weight excluding hydrogens is 228 g/mol. The first-order valence-corrected chi connectivity index (χ1v) is 6.90. The monoisotopic (exact) mass is 252 g/mol. The Bertz CT molecular complexity index is 373. The van der Waals surface area contributed by atoms with E-state index in [4.69, 9.17) is 5.11 Å². The SMILES string of the molecule is CN(CCCCCO)Cc1nnc(C2CC2)n1C. The van der Waals surface area contributed by atoms with Gasteiger partial charge in [-0.25, -0.2) is 0 Å². The molecule has 0 radical (unpaired) electrons. The lowest BCUT2D eigenvalue weighted by Gasteiger charge is -2.15. The first-order valence-electron chi connectivity index (χ1n) is 6.90. The Morgan fingerprint density at radius 3 is 2.72 bits per heavy atom. The maximum absolute atomic E-state index is 8.73. The Labute approximate surface area is 109 Å². The highest BCUT2D eigenvalue weighted by atomic mass is 16.2. The molecule has 1 aromatic heterocycles. The zero-order valence-electron chi connectivity index (χ0n) is 11.5. The van der Waals surface area contributed by atoms with Crippen LogP contribution in [-0.4, -0.2) is 45.0 Å². The second-order valence-electron chi connectivity index (χ2n) is 5.33. The third-order valence-electron chi connectivity index (χ3n) is 3.55. The Kier molecular flexibility index (Phi) is 4.72. The normalized spacial score (nSPS) is 15.6. The van der Waals surface area contributed by atoms with E-state index in [1.807, 2.05) is 0 Å². The van der Waals surface area contributed by atoms with E-state index in [0.29, 0.717) is 12.5 Å². The number of unbranched alkanes of at least 4 members (excludes halogenated alkanes) is 2. The summed E-state index contributed by atoms with van der Waals surface area (Å²) in [5.41, 5.74) is 0. The van der Waals surface area contributed by atoms with Gasteiger partial charge >= 0.3 is 0 Å². The Morgan fingerprint density at radius 2 is 2.06 bits per heavy atom. The summed E-state index contributed by atoms with van der Waals surface area (Å²) in [6.45, 7) is 2.21. The predicted octanol–water partition coefficient (Wildman–Crippen LogP) is 1.29. The lowest BCUT2D eigenvalue weighted by Crippen LogP contribution is -2.21. The van der Waals surface area contributed by atoms with Crippen molar-refractivity contribution in [3.8, 4) is 0 Å². The van der Waals surface area contributed by atoms with Crippen LogP contribution in [0, 0.1) is 0 Å². The lowest BCUT2D eigenvalue weighted by atomic mass is 10.2. The third-order valence-corrected chi connectivity index (χ3v) is 3.55.